The first-order chi connectivity index (χ1) is 2.77. The predicted octanol–water partition coefficient (Wildman–Crippen LogP) is 0.763. The Morgan fingerprint density at radius 3 is 2.33 bits per heavy atom. The Morgan fingerprint density at radius 2 is 2.33 bits per heavy atom. The highest BCUT2D eigenvalue weighted by Crippen LogP contribution is 1.75. The summed E-state index contributed by atoms with van der Waals surface area (Å²) in [6.07, 6.45) is -0.470. The van der Waals surface area contributed by atoms with Gasteiger partial charge >= 0.3 is 0 Å². The predicted molar refractivity (Wildman–Crippen MR) is 33.5 cm³/mol. The number of aliphatic hydroxyl groups excluding tert-OH is 1. The number of hydrogen-bond acceptors (Lipinski definition) is 1. The molecule has 34 valence electrons. The van der Waals surface area contributed by atoms with Crippen LogP contribution in [-0.4, -0.2) is 11.2 Å². The van der Waals surface area contributed by atoms with Crippen LogP contribution in [0.1, 0.15) is 6.92 Å². The molecule has 1 nitrogen and oxygen atoms in total. The molecule has 0 aromatic heterocycles. The van der Waals surface area contributed by atoms with E-state index in [-0.39, 0.29) is 0 Å². The summed E-state index contributed by atoms with van der Waals surface area (Å²) in [7, 11) is 0. The molecule has 0 amide bonds. The molecule has 0 fully saturated rings. The van der Waals surface area contributed by atoms with Crippen molar-refractivity contribution in [2.75, 3.05) is 0 Å². The summed E-state index contributed by atoms with van der Waals surface area (Å²) in [6.45, 7) is 1.63. The maximum atomic E-state index is 8.37. The second-order valence-corrected chi connectivity index (χ2v) is 1.45. The summed E-state index contributed by atoms with van der Waals surface area (Å²) >= 11 is 1.88. The fourth-order valence-electron chi connectivity index (χ4n) is 0.0790. The summed E-state index contributed by atoms with van der Waals surface area (Å²) in [5.74, 6) is 2.50. The minimum Gasteiger partial charge on any atom is -0.381 e. The summed E-state index contributed by atoms with van der Waals surface area (Å²) < 4.78 is 2.54. The average molecular weight is 196 g/mol. The Labute approximate surface area is 50.9 Å². The van der Waals surface area contributed by atoms with Crippen LogP contribution in [0.3, 0.4) is 0 Å². The third kappa shape index (κ3) is 4.25. The molecule has 0 heterocycles. The van der Waals surface area contributed by atoms with Gasteiger partial charge in [-0.25, -0.2) is 0 Å². The third-order valence-corrected chi connectivity index (χ3v) is 0.575. The fourth-order valence-corrected chi connectivity index (χ4v) is 0.530. The zero-order valence-electron chi connectivity index (χ0n) is 3.40. The SMILES string of the molecule is CC(O)C#CI. The molecule has 1 atom stereocenters. The molecule has 0 saturated heterocycles. The standard InChI is InChI=1S/C4H5IO/c1-4(6)2-3-5/h4,6H,1H3. The molecule has 0 spiro atoms. The van der Waals surface area contributed by atoms with Crippen LogP contribution < -0.4 is 0 Å². The van der Waals surface area contributed by atoms with Gasteiger partial charge in [-0.15, -0.1) is 0 Å². The highest BCUT2D eigenvalue weighted by Gasteiger charge is 1.77. The maximum Gasteiger partial charge on any atom is 0.112 e. The Hall–Kier alpha value is 0.250. The molecular weight excluding hydrogens is 191 g/mol. The summed E-state index contributed by atoms with van der Waals surface area (Å²) in [6, 6.07) is 0. The van der Waals surface area contributed by atoms with Gasteiger partial charge in [-0.2, -0.15) is 0 Å². The molecular formula is C4H5IO. The van der Waals surface area contributed by atoms with E-state index < -0.39 is 6.10 Å². The van der Waals surface area contributed by atoms with Crippen molar-refractivity contribution in [1.29, 1.82) is 0 Å². The molecule has 6 heavy (non-hydrogen) atoms. The number of hydrogen-bond donors (Lipinski definition) is 1. The topological polar surface area (TPSA) is 20.2 Å². The van der Waals surface area contributed by atoms with Gasteiger partial charge in [-0.05, 0) is 10.9 Å². The quantitative estimate of drug-likeness (QED) is 0.448. The first-order valence-corrected chi connectivity index (χ1v) is 2.64. The molecule has 0 aromatic carbocycles. The molecule has 1 unspecified atom stereocenters. The Balaban J connectivity index is 3.20. The molecule has 1 N–H and O–H groups in total. The summed E-state index contributed by atoms with van der Waals surface area (Å²) in [4.78, 5) is 0. The van der Waals surface area contributed by atoms with Crippen LogP contribution in [0.4, 0.5) is 0 Å². The highest BCUT2D eigenvalue weighted by molar-refractivity contribution is 14.1. The van der Waals surface area contributed by atoms with Crippen LogP contribution >= 0.6 is 22.6 Å². The minimum absolute atomic E-state index is 0.470. The van der Waals surface area contributed by atoms with E-state index in [1.54, 1.807) is 6.92 Å². The van der Waals surface area contributed by atoms with Gasteiger partial charge in [0.15, 0.2) is 0 Å². The summed E-state index contributed by atoms with van der Waals surface area (Å²) in [5, 5.41) is 8.37. The molecule has 0 saturated carbocycles. The maximum absolute atomic E-state index is 8.37. The van der Waals surface area contributed by atoms with Crippen molar-refractivity contribution in [2.45, 2.75) is 13.0 Å². The molecule has 0 rings (SSSR count). The van der Waals surface area contributed by atoms with Crippen molar-refractivity contribution >= 4 is 22.6 Å². The summed E-state index contributed by atoms with van der Waals surface area (Å²) in [5.41, 5.74) is 0. The van der Waals surface area contributed by atoms with Gasteiger partial charge in [0.1, 0.15) is 6.10 Å². The molecule has 0 radical (unpaired) electrons. The second-order valence-electron chi connectivity index (χ2n) is 0.915. The van der Waals surface area contributed by atoms with Crippen LogP contribution in [-0.2, 0) is 0 Å². The lowest BCUT2D eigenvalue weighted by Crippen LogP contribution is -1.90. The zero-order valence-corrected chi connectivity index (χ0v) is 5.56. The normalized spacial score (nSPS) is 11.8. The van der Waals surface area contributed by atoms with Crippen molar-refractivity contribution in [2.24, 2.45) is 0 Å². The van der Waals surface area contributed by atoms with E-state index in [4.69, 9.17) is 5.11 Å². The van der Waals surface area contributed by atoms with Crippen LogP contribution in [0.2, 0.25) is 0 Å². The lowest BCUT2D eigenvalue weighted by Gasteiger charge is -1.81. The van der Waals surface area contributed by atoms with Crippen molar-refractivity contribution in [1.82, 2.24) is 0 Å². The van der Waals surface area contributed by atoms with E-state index >= 15 is 0 Å². The lowest BCUT2D eigenvalue weighted by atomic mass is 10.4. The van der Waals surface area contributed by atoms with Gasteiger partial charge in [-0.3, -0.25) is 0 Å². The van der Waals surface area contributed by atoms with Crippen LogP contribution in [0.25, 0.3) is 0 Å². The monoisotopic (exact) mass is 196 g/mol. The van der Waals surface area contributed by atoms with Gasteiger partial charge in [0.2, 0.25) is 0 Å². The van der Waals surface area contributed by atoms with E-state index in [1.807, 2.05) is 22.6 Å². The van der Waals surface area contributed by atoms with Crippen LogP contribution in [0.15, 0.2) is 0 Å². The van der Waals surface area contributed by atoms with Gasteiger partial charge in [0, 0.05) is 22.6 Å². The van der Waals surface area contributed by atoms with Gasteiger partial charge in [0.25, 0.3) is 0 Å². The average Bonchev–Trinajstić information content (AvgIpc) is 1.35. The zero-order chi connectivity index (χ0) is 4.99. The van der Waals surface area contributed by atoms with Crippen molar-refractivity contribution in [3.63, 3.8) is 0 Å². The Morgan fingerprint density at radius 1 is 1.83 bits per heavy atom. The van der Waals surface area contributed by atoms with Crippen molar-refractivity contribution in [3.8, 4) is 9.85 Å². The fraction of sp³-hybridized carbons (Fsp3) is 0.500. The molecule has 2 heteroatoms. The largest absolute Gasteiger partial charge is 0.381 e. The number of halogens is 1. The second kappa shape index (κ2) is 3.44. The molecule has 0 aliphatic carbocycles. The smallest absolute Gasteiger partial charge is 0.112 e. The van der Waals surface area contributed by atoms with Gasteiger partial charge < -0.3 is 5.11 Å². The lowest BCUT2D eigenvalue weighted by molar-refractivity contribution is 0.253. The van der Waals surface area contributed by atoms with Gasteiger partial charge in [-0.1, -0.05) is 5.92 Å². The number of rotatable bonds is 0. The van der Waals surface area contributed by atoms with E-state index in [2.05, 4.69) is 9.85 Å². The molecule has 0 bridgehead atoms. The molecule has 0 aliphatic rings. The van der Waals surface area contributed by atoms with Gasteiger partial charge in [0.05, 0.1) is 0 Å². The van der Waals surface area contributed by atoms with E-state index in [0.717, 1.165) is 0 Å². The minimum atomic E-state index is -0.470. The van der Waals surface area contributed by atoms with Crippen LogP contribution in [0, 0.1) is 9.85 Å². The first-order valence-electron chi connectivity index (χ1n) is 1.56. The number of aliphatic hydroxyl groups is 1. The highest BCUT2D eigenvalue weighted by atomic mass is 127. The van der Waals surface area contributed by atoms with E-state index in [1.165, 1.54) is 0 Å². The van der Waals surface area contributed by atoms with Crippen molar-refractivity contribution < 1.29 is 5.11 Å². The van der Waals surface area contributed by atoms with Crippen molar-refractivity contribution in [3.05, 3.63) is 0 Å². The molecule has 0 aromatic rings. The van der Waals surface area contributed by atoms with E-state index in [9.17, 15) is 0 Å². The Kier molecular flexibility index (Phi) is 3.58. The third-order valence-electron chi connectivity index (χ3n) is 0.263. The van der Waals surface area contributed by atoms with E-state index in [0.29, 0.717) is 0 Å². The first kappa shape index (κ1) is 6.25. The van der Waals surface area contributed by atoms with Crippen LogP contribution in [0.5, 0.6) is 0 Å². The molecule has 0 aliphatic heterocycles. The Bertz CT molecular complexity index is 77.3.